The molecule has 1 fully saturated rings. The Kier molecular flexibility index (Phi) is 2.89. The van der Waals surface area contributed by atoms with Gasteiger partial charge < -0.3 is 9.84 Å². The van der Waals surface area contributed by atoms with Crippen LogP contribution in [0.2, 0.25) is 0 Å². The third-order valence-corrected chi connectivity index (χ3v) is 3.44. The number of sulfonamides is 1. The molecule has 0 amide bonds. The van der Waals surface area contributed by atoms with Crippen LogP contribution in [0.15, 0.2) is 0 Å². The number of carbonyl (C=O) groups excluding carboxylic acids is 1. The van der Waals surface area contributed by atoms with E-state index in [4.69, 9.17) is 5.11 Å². The molecule has 7 heteroatoms. The summed E-state index contributed by atoms with van der Waals surface area (Å²) in [5.41, 5.74) is 0. The van der Waals surface area contributed by atoms with Gasteiger partial charge in [-0.05, 0) is 0 Å². The Morgan fingerprint density at radius 3 is 2.54 bits per heavy atom. The Morgan fingerprint density at radius 1 is 1.62 bits per heavy atom. The van der Waals surface area contributed by atoms with Crippen molar-refractivity contribution in [1.82, 2.24) is 4.31 Å². The van der Waals surface area contributed by atoms with Crippen molar-refractivity contribution in [3.8, 4) is 0 Å². The summed E-state index contributed by atoms with van der Waals surface area (Å²) >= 11 is 0. The summed E-state index contributed by atoms with van der Waals surface area (Å²) in [6, 6.07) is 0. The lowest BCUT2D eigenvalue weighted by molar-refractivity contribution is -0.137. The zero-order valence-corrected chi connectivity index (χ0v) is 7.95. The van der Waals surface area contributed by atoms with E-state index in [-0.39, 0.29) is 13.1 Å². The van der Waals surface area contributed by atoms with E-state index < -0.39 is 27.8 Å². The molecule has 0 aromatic carbocycles. The van der Waals surface area contributed by atoms with Crippen molar-refractivity contribution in [2.75, 3.05) is 26.0 Å². The zero-order valence-electron chi connectivity index (χ0n) is 7.13. The molecule has 1 saturated heterocycles. The van der Waals surface area contributed by atoms with E-state index in [0.29, 0.717) is 0 Å². The molecule has 0 unspecified atom stereocenters. The predicted molar refractivity (Wildman–Crippen MR) is 43.4 cm³/mol. The highest BCUT2D eigenvalue weighted by Gasteiger charge is 2.35. The van der Waals surface area contributed by atoms with Crippen LogP contribution in [-0.4, -0.2) is 55.9 Å². The molecule has 1 rings (SSSR count). The molecule has 0 aromatic heterocycles. The summed E-state index contributed by atoms with van der Waals surface area (Å²) in [6.45, 7) is 0.138. The van der Waals surface area contributed by atoms with Crippen molar-refractivity contribution < 1.29 is 23.1 Å². The maximum atomic E-state index is 11.2. The zero-order chi connectivity index (χ0) is 10.1. The summed E-state index contributed by atoms with van der Waals surface area (Å²) in [5, 5.41) is 8.85. The van der Waals surface area contributed by atoms with E-state index in [9.17, 15) is 13.2 Å². The minimum absolute atomic E-state index is 0.0688. The van der Waals surface area contributed by atoms with E-state index in [0.717, 1.165) is 11.4 Å². The number of ether oxygens (including phenoxy) is 1. The molecule has 13 heavy (non-hydrogen) atoms. The van der Waals surface area contributed by atoms with E-state index in [1.165, 1.54) is 0 Å². The molecule has 0 saturated carbocycles. The maximum Gasteiger partial charge on any atom is 0.322 e. The van der Waals surface area contributed by atoms with Gasteiger partial charge in [0, 0.05) is 13.1 Å². The molecule has 0 spiro atoms. The van der Waals surface area contributed by atoms with Gasteiger partial charge in [0.15, 0.2) is 5.75 Å². The fourth-order valence-electron chi connectivity index (χ4n) is 0.943. The first-order valence-electron chi connectivity index (χ1n) is 3.68. The molecule has 1 heterocycles. The summed E-state index contributed by atoms with van der Waals surface area (Å²) in [7, 11) is -2.44. The molecular weight excluding hydrogens is 198 g/mol. The third kappa shape index (κ3) is 2.39. The SMILES string of the molecule is COC(=O)CS(=O)(=O)N1CC(O)C1. The first-order chi connectivity index (χ1) is 5.95. The third-order valence-electron chi connectivity index (χ3n) is 1.75. The minimum atomic E-state index is -3.57. The van der Waals surface area contributed by atoms with Crippen LogP contribution in [0, 0.1) is 0 Å². The van der Waals surface area contributed by atoms with Gasteiger partial charge in [0.1, 0.15) is 0 Å². The number of aliphatic hydroxyl groups excluding tert-OH is 1. The second-order valence-corrected chi connectivity index (χ2v) is 4.77. The average molecular weight is 209 g/mol. The van der Waals surface area contributed by atoms with Crippen LogP contribution in [0.25, 0.3) is 0 Å². The van der Waals surface area contributed by atoms with Crippen molar-refractivity contribution >= 4 is 16.0 Å². The Morgan fingerprint density at radius 2 is 2.15 bits per heavy atom. The molecule has 0 aromatic rings. The molecule has 76 valence electrons. The number of esters is 1. The number of rotatable bonds is 3. The van der Waals surface area contributed by atoms with Crippen LogP contribution in [0.5, 0.6) is 0 Å². The standard InChI is InChI=1S/C6H11NO5S/c1-12-6(9)4-13(10,11)7-2-5(8)3-7/h5,8H,2-4H2,1H3. The number of β-amino-alcohol motifs (C(OH)–C–C–N with tert-alkyl or cyclic N) is 1. The Balaban J connectivity index is 2.52. The van der Waals surface area contributed by atoms with Crippen LogP contribution in [0.4, 0.5) is 0 Å². The lowest BCUT2D eigenvalue weighted by Crippen LogP contribution is -2.54. The van der Waals surface area contributed by atoms with Crippen molar-refractivity contribution in [2.45, 2.75) is 6.10 Å². The Hall–Kier alpha value is -0.660. The Labute approximate surface area is 76.1 Å². The molecule has 6 nitrogen and oxygen atoms in total. The van der Waals surface area contributed by atoms with Crippen LogP contribution in [0.1, 0.15) is 0 Å². The highest BCUT2D eigenvalue weighted by Crippen LogP contribution is 2.13. The smallest absolute Gasteiger partial charge is 0.322 e. The molecule has 1 N–H and O–H groups in total. The highest BCUT2D eigenvalue weighted by atomic mass is 32.2. The van der Waals surface area contributed by atoms with Gasteiger partial charge in [0.25, 0.3) is 0 Å². The van der Waals surface area contributed by atoms with Crippen molar-refractivity contribution in [3.05, 3.63) is 0 Å². The van der Waals surface area contributed by atoms with E-state index in [1.54, 1.807) is 0 Å². The summed E-state index contributed by atoms with van der Waals surface area (Å²) in [6.07, 6.45) is -0.604. The fourth-order valence-corrected chi connectivity index (χ4v) is 2.34. The van der Waals surface area contributed by atoms with Crippen molar-refractivity contribution in [3.63, 3.8) is 0 Å². The molecule has 0 bridgehead atoms. The van der Waals surface area contributed by atoms with Crippen molar-refractivity contribution in [2.24, 2.45) is 0 Å². The number of aliphatic hydroxyl groups is 1. The number of methoxy groups -OCH3 is 1. The van der Waals surface area contributed by atoms with Gasteiger partial charge in [-0.25, -0.2) is 8.42 Å². The van der Waals surface area contributed by atoms with E-state index in [1.807, 2.05) is 0 Å². The molecule has 0 atom stereocenters. The molecule has 1 aliphatic rings. The van der Waals surface area contributed by atoms with Gasteiger partial charge in [-0.15, -0.1) is 0 Å². The lowest BCUT2D eigenvalue weighted by Gasteiger charge is -2.34. The molecule has 0 aliphatic carbocycles. The predicted octanol–water partition coefficient (Wildman–Crippen LogP) is -1.83. The first kappa shape index (κ1) is 10.4. The van der Waals surface area contributed by atoms with Gasteiger partial charge in [-0.2, -0.15) is 4.31 Å². The normalized spacial score (nSPS) is 19.5. The van der Waals surface area contributed by atoms with Gasteiger partial charge in [0.2, 0.25) is 10.0 Å². The monoisotopic (exact) mass is 209 g/mol. The quantitative estimate of drug-likeness (QED) is 0.552. The summed E-state index contributed by atoms with van der Waals surface area (Å²) in [5.74, 6) is -1.45. The molecule has 1 aliphatic heterocycles. The van der Waals surface area contributed by atoms with E-state index in [2.05, 4.69) is 4.74 Å². The van der Waals surface area contributed by atoms with Crippen molar-refractivity contribution in [1.29, 1.82) is 0 Å². The van der Waals surface area contributed by atoms with Crippen LogP contribution >= 0.6 is 0 Å². The molecule has 0 radical (unpaired) electrons. The topological polar surface area (TPSA) is 83.9 Å². The van der Waals surface area contributed by atoms with Gasteiger partial charge in [-0.1, -0.05) is 0 Å². The number of carbonyl (C=O) groups is 1. The second kappa shape index (κ2) is 3.60. The lowest BCUT2D eigenvalue weighted by atomic mass is 10.2. The van der Waals surface area contributed by atoms with Crippen LogP contribution in [-0.2, 0) is 19.6 Å². The maximum absolute atomic E-state index is 11.2. The minimum Gasteiger partial charge on any atom is -0.468 e. The second-order valence-electron chi connectivity index (χ2n) is 2.80. The number of hydrogen-bond acceptors (Lipinski definition) is 5. The fraction of sp³-hybridized carbons (Fsp3) is 0.833. The average Bonchev–Trinajstić information content (AvgIpc) is 1.97. The molecular formula is C6H11NO5S. The summed E-state index contributed by atoms with van der Waals surface area (Å²) < 4.78 is 27.8. The van der Waals surface area contributed by atoms with E-state index >= 15 is 0 Å². The summed E-state index contributed by atoms with van der Waals surface area (Å²) in [4.78, 5) is 10.7. The number of hydrogen-bond donors (Lipinski definition) is 1. The van der Waals surface area contributed by atoms with Gasteiger partial charge in [-0.3, -0.25) is 4.79 Å². The van der Waals surface area contributed by atoms with Crippen LogP contribution in [0.3, 0.4) is 0 Å². The number of nitrogens with zero attached hydrogens (tertiary/aromatic N) is 1. The Bertz CT molecular complexity index is 292. The first-order valence-corrected chi connectivity index (χ1v) is 5.29. The largest absolute Gasteiger partial charge is 0.468 e. The van der Waals surface area contributed by atoms with Crippen LogP contribution < -0.4 is 0 Å². The van der Waals surface area contributed by atoms with Gasteiger partial charge >= 0.3 is 5.97 Å². The highest BCUT2D eigenvalue weighted by molar-refractivity contribution is 7.89. The van der Waals surface area contributed by atoms with Gasteiger partial charge in [0.05, 0.1) is 13.2 Å².